The Kier molecular flexibility index (Phi) is 4.22. The highest BCUT2D eigenvalue weighted by Crippen LogP contribution is 2.21. The van der Waals surface area contributed by atoms with Gasteiger partial charge >= 0.3 is 0 Å². The normalized spacial score (nSPS) is 11.3. The second kappa shape index (κ2) is 6.31. The Morgan fingerprint density at radius 2 is 1.91 bits per heavy atom. The zero-order valence-electron chi connectivity index (χ0n) is 11.7. The van der Waals surface area contributed by atoms with Gasteiger partial charge in [-0.15, -0.1) is 10.2 Å². The topological polar surface area (TPSA) is 102 Å². The zero-order chi connectivity index (χ0) is 16.3. The van der Waals surface area contributed by atoms with Gasteiger partial charge in [-0.05, 0) is 24.3 Å². The SMILES string of the molecule is O=C(Nc1nnc(CS(=O)(=O)c2ccccc2)s1)c1ccco1. The number of anilines is 1. The first kappa shape index (κ1) is 15.4. The van der Waals surface area contributed by atoms with Gasteiger partial charge in [-0.2, -0.15) is 0 Å². The monoisotopic (exact) mass is 349 g/mol. The van der Waals surface area contributed by atoms with E-state index in [0.29, 0.717) is 5.01 Å². The van der Waals surface area contributed by atoms with Crippen LogP contribution in [0.5, 0.6) is 0 Å². The molecule has 0 unspecified atom stereocenters. The minimum Gasteiger partial charge on any atom is -0.459 e. The Morgan fingerprint density at radius 1 is 1.13 bits per heavy atom. The fraction of sp³-hybridized carbons (Fsp3) is 0.0714. The molecule has 7 nitrogen and oxygen atoms in total. The molecule has 0 aliphatic rings. The van der Waals surface area contributed by atoms with E-state index in [1.165, 1.54) is 24.5 Å². The largest absolute Gasteiger partial charge is 0.459 e. The Hall–Kier alpha value is -2.52. The molecule has 9 heteroatoms. The summed E-state index contributed by atoms with van der Waals surface area (Å²) in [7, 11) is -3.49. The number of carbonyl (C=O) groups excluding carboxylic acids is 1. The summed E-state index contributed by atoms with van der Waals surface area (Å²) in [5.74, 6) is -0.604. The summed E-state index contributed by atoms with van der Waals surface area (Å²) in [4.78, 5) is 12.0. The first-order valence-electron chi connectivity index (χ1n) is 6.50. The summed E-state index contributed by atoms with van der Waals surface area (Å²) in [5, 5.41) is 10.6. The molecule has 3 aromatic rings. The van der Waals surface area contributed by atoms with Gasteiger partial charge in [0, 0.05) is 0 Å². The molecule has 1 N–H and O–H groups in total. The molecule has 23 heavy (non-hydrogen) atoms. The third kappa shape index (κ3) is 3.63. The maximum atomic E-state index is 12.3. The van der Waals surface area contributed by atoms with Gasteiger partial charge < -0.3 is 4.42 Å². The molecule has 1 amide bonds. The van der Waals surface area contributed by atoms with Crippen LogP contribution < -0.4 is 5.32 Å². The highest BCUT2D eigenvalue weighted by Gasteiger charge is 2.19. The summed E-state index contributed by atoms with van der Waals surface area (Å²) in [5.41, 5.74) is 0. The second-order valence-electron chi connectivity index (χ2n) is 4.50. The highest BCUT2D eigenvalue weighted by atomic mass is 32.2. The predicted molar refractivity (Wildman–Crippen MR) is 83.9 cm³/mol. The molecule has 0 spiro atoms. The zero-order valence-corrected chi connectivity index (χ0v) is 13.3. The Bertz CT molecular complexity index is 903. The quantitative estimate of drug-likeness (QED) is 0.758. The first-order valence-corrected chi connectivity index (χ1v) is 8.96. The molecule has 0 saturated heterocycles. The number of nitrogens with zero attached hydrogens (tertiary/aromatic N) is 2. The molecule has 0 atom stereocenters. The van der Waals surface area contributed by atoms with Crippen molar-refractivity contribution in [2.24, 2.45) is 0 Å². The molecular formula is C14H11N3O4S2. The van der Waals surface area contributed by atoms with E-state index in [2.05, 4.69) is 15.5 Å². The van der Waals surface area contributed by atoms with Crippen LogP contribution in [-0.2, 0) is 15.6 Å². The van der Waals surface area contributed by atoms with Gasteiger partial charge in [0.15, 0.2) is 15.6 Å². The summed E-state index contributed by atoms with van der Waals surface area (Å²) < 4.78 is 29.5. The Balaban J connectivity index is 1.71. The van der Waals surface area contributed by atoms with Gasteiger partial charge in [-0.1, -0.05) is 29.5 Å². The van der Waals surface area contributed by atoms with Crippen molar-refractivity contribution in [2.75, 3.05) is 5.32 Å². The van der Waals surface area contributed by atoms with Gasteiger partial charge in [-0.25, -0.2) is 8.42 Å². The standard InChI is InChI=1S/C14H11N3O4S2/c18-13(11-7-4-8-21-11)15-14-17-16-12(22-14)9-23(19,20)10-5-2-1-3-6-10/h1-8H,9H2,(H,15,17,18). The lowest BCUT2D eigenvalue weighted by molar-refractivity contribution is 0.0996. The van der Waals surface area contributed by atoms with Crippen molar-refractivity contribution < 1.29 is 17.6 Å². The van der Waals surface area contributed by atoms with Crippen molar-refractivity contribution in [2.45, 2.75) is 10.6 Å². The molecule has 118 valence electrons. The number of benzene rings is 1. The minimum absolute atomic E-state index is 0.138. The number of amides is 1. The predicted octanol–water partition coefficient (Wildman–Crippen LogP) is 2.36. The molecule has 0 aliphatic heterocycles. The minimum atomic E-state index is -3.49. The highest BCUT2D eigenvalue weighted by molar-refractivity contribution is 7.90. The molecule has 3 rings (SSSR count). The number of sulfone groups is 1. The van der Waals surface area contributed by atoms with Crippen molar-refractivity contribution in [3.05, 3.63) is 59.5 Å². The number of nitrogens with one attached hydrogen (secondary N) is 1. The van der Waals surface area contributed by atoms with E-state index in [0.717, 1.165) is 11.3 Å². The van der Waals surface area contributed by atoms with Crippen LogP contribution in [0.3, 0.4) is 0 Å². The van der Waals surface area contributed by atoms with Crippen molar-refractivity contribution in [1.82, 2.24) is 10.2 Å². The Morgan fingerprint density at radius 3 is 2.61 bits per heavy atom. The summed E-state index contributed by atoms with van der Waals surface area (Å²) >= 11 is 1.01. The van der Waals surface area contributed by atoms with Crippen molar-refractivity contribution >= 4 is 32.2 Å². The molecular weight excluding hydrogens is 338 g/mol. The van der Waals surface area contributed by atoms with Crippen LogP contribution in [0.1, 0.15) is 15.6 Å². The van der Waals surface area contributed by atoms with Crippen LogP contribution in [0, 0.1) is 0 Å². The molecule has 0 aliphatic carbocycles. The van der Waals surface area contributed by atoms with E-state index in [4.69, 9.17) is 4.42 Å². The first-order chi connectivity index (χ1) is 11.0. The molecule has 0 radical (unpaired) electrons. The van der Waals surface area contributed by atoms with Crippen LogP contribution in [0.2, 0.25) is 0 Å². The number of aromatic nitrogens is 2. The van der Waals surface area contributed by atoms with Gasteiger partial charge in [0.1, 0.15) is 10.8 Å². The number of hydrogen-bond donors (Lipinski definition) is 1. The van der Waals surface area contributed by atoms with E-state index >= 15 is 0 Å². The van der Waals surface area contributed by atoms with Crippen LogP contribution in [0.15, 0.2) is 58.0 Å². The molecule has 2 heterocycles. The molecule has 0 saturated carbocycles. The second-order valence-corrected chi connectivity index (χ2v) is 7.56. The molecule has 0 fully saturated rings. The average molecular weight is 349 g/mol. The van der Waals surface area contributed by atoms with Crippen molar-refractivity contribution in [3.8, 4) is 0 Å². The number of furan rings is 1. The summed E-state index contributed by atoms with van der Waals surface area (Å²) in [6.45, 7) is 0. The van der Waals surface area contributed by atoms with Crippen LogP contribution >= 0.6 is 11.3 Å². The van der Waals surface area contributed by atoms with Gasteiger partial charge in [-0.3, -0.25) is 10.1 Å². The van der Waals surface area contributed by atoms with Gasteiger partial charge in [0.2, 0.25) is 5.13 Å². The van der Waals surface area contributed by atoms with Crippen LogP contribution in [-0.4, -0.2) is 24.5 Å². The maximum Gasteiger partial charge on any atom is 0.293 e. The average Bonchev–Trinajstić information content (AvgIpc) is 3.20. The lowest BCUT2D eigenvalue weighted by Crippen LogP contribution is -2.10. The third-order valence-corrected chi connectivity index (χ3v) is 5.51. The molecule has 1 aromatic carbocycles. The molecule has 2 aromatic heterocycles. The van der Waals surface area contributed by atoms with Gasteiger partial charge in [0.25, 0.3) is 5.91 Å². The fourth-order valence-corrected chi connectivity index (χ4v) is 4.16. The van der Waals surface area contributed by atoms with E-state index < -0.39 is 15.7 Å². The fourth-order valence-electron chi connectivity index (χ4n) is 1.80. The summed E-state index contributed by atoms with van der Waals surface area (Å²) in [6, 6.07) is 11.2. The maximum absolute atomic E-state index is 12.3. The molecule has 0 bridgehead atoms. The third-order valence-electron chi connectivity index (χ3n) is 2.85. The van der Waals surface area contributed by atoms with E-state index in [-0.39, 0.29) is 21.5 Å². The van der Waals surface area contributed by atoms with Crippen LogP contribution in [0.25, 0.3) is 0 Å². The van der Waals surface area contributed by atoms with E-state index in [9.17, 15) is 13.2 Å². The van der Waals surface area contributed by atoms with E-state index in [1.54, 1.807) is 24.3 Å². The smallest absolute Gasteiger partial charge is 0.293 e. The lowest BCUT2D eigenvalue weighted by Gasteiger charge is -2.00. The van der Waals surface area contributed by atoms with E-state index in [1.807, 2.05) is 0 Å². The Labute approximate surface area is 135 Å². The van der Waals surface area contributed by atoms with Gasteiger partial charge in [0.05, 0.1) is 11.2 Å². The van der Waals surface area contributed by atoms with Crippen molar-refractivity contribution in [3.63, 3.8) is 0 Å². The van der Waals surface area contributed by atoms with Crippen molar-refractivity contribution in [1.29, 1.82) is 0 Å². The van der Waals surface area contributed by atoms with Crippen LogP contribution in [0.4, 0.5) is 5.13 Å². The number of carbonyl (C=O) groups is 1. The lowest BCUT2D eigenvalue weighted by atomic mass is 10.4. The number of rotatable bonds is 5. The summed E-state index contributed by atoms with van der Waals surface area (Å²) in [6.07, 6.45) is 1.38. The number of hydrogen-bond acceptors (Lipinski definition) is 7.